The normalized spacial score (nSPS) is 15.9. The van der Waals surface area contributed by atoms with Crippen molar-refractivity contribution < 1.29 is 19.1 Å². The molecule has 0 aliphatic carbocycles. The van der Waals surface area contributed by atoms with Gasteiger partial charge in [-0.1, -0.05) is 36.0 Å². The van der Waals surface area contributed by atoms with Crippen LogP contribution in [0.3, 0.4) is 0 Å². The molecule has 0 bridgehead atoms. The summed E-state index contributed by atoms with van der Waals surface area (Å²) in [6, 6.07) is 10.2. The first-order valence-corrected chi connectivity index (χ1v) is 9.56. The molecule has 2 aromatic heterocycles. The van der Waals surface area contributed by atoms with Crippen LogP contribution < -0.4 is 0 Å². The zero-order valence-corrected chi connectivity index (χ0v) is 15.5. The first-order valence-electron chi connectivity index (χ1n) is 8.57. The number of fused-ring (bicyclic) bond motifs is 1. The molecular weight excluding hydrogens is 380 g/mol. The van der Waals surface area contributed by atoms with Crippen molar-refractivity contribution in [3.8, 4) is 11.5 Å². The van der Waals surface area contributed by atoms with Crippen LogP contribution in [0.4, 0.5) is 0 Å². The standard InChI is InChI=1S/C19H16N4O4S/c24-16(11-28-19-22-21-17(27-19)12-5-7-20-8-6-12)23-10-14-4-2-1-3-13(14)9-15(23)18(25)26/h1-8,15H,9-11H2,(H,25,26). The van der Waals surface area contributed by atoms with Gasteiger partial charge in [-0.05, 0) is 23.3 Å². The molecule has 9 heteroatoms. The Bertz CT molecular complexity index is 1010. The topological polar surface area (TPSA) is 109 Å². The van der Waals surface area contributed by atoms with Crippen LogP contribution in [0.15, 0.2) is 58.4 Å². The lowest BCUT2D eigenvalue weighted by atomic mass is 9.94. The number of hydrogen-bond acceptors (Lipinski definition) is 7. The van der Waals surface area contributed by atoms with E-state index in [1.54, 1.807) is 24.5 Å². The van der Waals surface area contributed by atoms with Gasteiger partial charge in [0.15, 0.2) is 0 Å². The smallest absolute Gasteiger partial charge is 0.326 e. The van der Waals surface area contributed by atoms with Crippen LogP contribution in [-0.4, -0.2) is 48.9 Å². The monoisotopic (exact) mass is 396 g/mol. The van der Waals surface area contributed by atoms with Crippen molar-refractivity contribution in [1.82, 2.24) is 20.1 Å². The first kappa shape index (κ1) is 18.2. The molecule has 0 spiro atoms. The summed E-state index contributed by atoms with van der Waals surface area (Å²) in [6.07, 6.45) is 3.54. The van der Waals surface area contributed by atoms with Crippen LogP contribution in [0.5, 0.6) is 0 Å². The zero-order valence-electron chi connectivity index (χ0n) is 14.7. The third-order valence-corrected chi connectivity index (χ3v) is 5.31. The number of nitrogens with zero attached hydrogens (tertiary/aromatic N) is 4. The summed E-state index contributed by atoms with van der Waals surface area (Å²) in [5.41, 5.74) is 2.67. The molecule has 0 saturated heterocycles. The highest BCUT2D eigenvalue weighted by molar-refractivity contribution is 7.99. The summed E-state index contributed by atoms with van der Waals surface area (Å²) >= 11 is 1.09. The van der Waals surface area contributed by atoms with Crippen LogP contribution in [0.2, 0.25) is 0 Å². The number of aromatic nitrogens is 3. The molecule has 1 aliphatic rings. The summed E-state index contributed by atoms with van der Waals surface area (Å²) in [5.74, 6) is -0.932. The van der Waals surface area contributed by atoms with Crippen LogP contribution in [-0.2, 0) is 22.6 Å². The maximum Gasteiger partial charge on any atom is 0.326 e. The quantitative estimate of drug-likeness (QED) is 0.654. The largest absolute Gasteiger partial charge is 0.480 e. The molecule has 8 nitrogen and oxygen atoms in total. The van der Waals surface area contributed by atoms with Gasteiger partial charge in [-0.15, -0.1) is 10.2 Å². The number of carboxylic acid groups (broad SMARTS) is 1. The first-order chi connectivity index (χ1) is 13.6. The van der Waals surface area contributed by atoms with E-state index in [0.29, 0.717) is 12.3 Å². The number of benzene rings is 1. The van der Waals surface area contributed by atoms with Gasteiger partial charge in [0.2, 0.25) is 11.8 Å². The van der Waals surface area contributed by atoms with Gasteiger partial charge in [-0.3, -0.25) is 9.78 Å². The fourth-order valence-electron chi connectivity index (χ4n) is 3.09. The van der Waals surface area contributed by atoms with E-state index in [9.17, 15) is 14.7 Å². The lowest BCUT2D eigenvalue weighted by Gasteiger charge is -2.34. The van der Waals surface area contributed by atoms with Crippen LogP contribution in [0.25, 0.3) is 11.5 Å². The lowest BCUT2D eigenvalue weighted by molar-refractivity contribution is -0.150. The second kappa shape index (κ2) is 7.81. The number of aliphatic carboxylic acids is 1. The number of hydrogen-bond donors (Lipinski definition) is 1. The van der Waals surface area contributed by atoms with Crippen molar-refractivity contribution in [2.24, 2.45) is 0 Å². The Labute approximate surface area is 164 Å². The van der Waals surface area contributed by atoms with Crippen molar-refractivity contribution in [1.29, 1.82) is 0 Å². The van der Waals surface area contributed by atoms with Crippen molar-refractivity contribution in [2.45, 2.75) is 24.2 Å². The minimum atomic E-state index is -1.01. The van der Waals surface area contributed by atoms with Gasteiger partial charge in [-0.25, -0.2) is 4.79 Å². The van der Waals surface area contributed by atoms with E-state index in [4.69, 9.17) is 4.42 Å². The summed E-state index contributed by atoms with van der Waals surface area (Å²) in [5, 5.41) is 17.7. The number of rotatable bonds is 5. The van der Waals surface area contributed by atoms with Gasteiger partial charge in [-0.2, -0.15) is 0 Å². The molecule has 0 radical (unpaired) electrons. The molecule has 4 rings (SSSR count). The minimum absolute atomic E-state index is 0.0178. The van der Waals surface area contributed by atoms with Crippen LogP contribution in [0.1, 0.15) is 11.1 Å². The highest BCUT2D eigenvalue weighted by Gasteiger charge is 2.34. The second-order valence-corrected chi connectivity index (χ2v) is 7.17. The van der Waals surface area contributed by atoms with Crippen molar-refractivity contribution in [3.05, 3.63) is 59.9 Å². The predicted octanol–water partition coefficient (Wildman–Crippen LogP) is 2.26. The molecule has 1 N–H and O–H groups in total. The van der Waals surface area contributed by atoms with Gasteiger partial charge >= 0.3 is 5.97 Å². The van der Waals surface area contributed by atoms with Gasteiger partial charge in [0.1, 0.15) is 6.04 Å². The third kappa shape index (κ3) is 3.74. The lowest BCUT2D eigenvalue weighted by Crippen LogP contribution is -2.49. The van der Waals surface area contributed by atoms with E-state index >= 15 is 0 Å². The van der Waals surface area contributed by atoms with E-state index < -0.39 is 12.0 Å². The number of carboxylic acids is 1. The van der Waals surface area contributed by atoms with Gasteiger partial charge in [0.05, 0.1) is 5.75 Å². The third-order valence-electron chi connectivity index (χ3n) is 4.51. The SMILES string of the molecule is O=C(O)C1Cc2ccccc2CN1C(=O)CSc1nnc(-c2ccncc2)o1. The van der Waals surface area contributed by atoms with Crippen molar-refractivity contribution in [2.75, 3.05) is 5.75 Å². The average Bonchev–Trinajstić information content (AvgIpc) is 3.20. The molecule has 3 heterocycles. The number of carbonyl (C=O) groups is 2. The van der Waals surface area contributed by atoms with E-state index in [-0.39, 0.29) is 23.4 Å². The summed E-state index contributed by atoms with van der Waals surface area (Å²) < 4.78 is 5.56. The summed E-state index contributed by atoms with van der Waals surface area (Å²) in [4.78, 5) is 29.7. The molecular formula is C19H16N4O4S. The predicted molar refractivity (Wildman–Crippen MR) is 100 cm³/mol. The van der Waals surface area contributed by atoms with E-state index in [0.717, 1.165) is 28.5 Å². The maximum atomic E-state index is 12.7. The molecule has 0 fully saturated rings. The fraction of sp³-hybridized carbons (Fsp3) is 0.211. The molecule has 142 valence electrons. The fourth-order valence-corrected chi connectivity index (χ4v) is 3.74. The zero-order chi connectivity index (χ0) is 19.5. The van der Waals surface area contributed by atoms with Crippen LogP contribution in [0, 0.1) is 0 Å². The van der Waals surface area contributed by atoms with E-state index in [1.807, 2.05) is 24.3 Å². The van der Waals surface area contributed by atoms with Gasteiger partial charge in [0, 0.05) is 30.9 Å². The molecule has 1 aromatic carbocycles. The molecule has 0 saturated carbocycles. The van der Waals surface area contributed by atoms with E-state index in [2.05, 4.69) is 15.2 Å². The van der Waals surface area contributed by atoms with E-state index in [1.165, 1.54) is 4.90 Å². The Kier molecular flexibility index (Phi) is 5.07. The van der Waals surface area contributed by atoms with Crippen molar-refractivity contribution in [3.63, 3.8) is 0 Å². The summed E-state index contributed by atoms with van der Waals surface area (Å²) in [6.45, 7) is 0.276. The highest BCUT2D eigenvalue weighted by atomic mass is 32.2. The molecule has 1 unspecified atom stereocenters. The van der Waals surface area contributed by atoms with Gasteiger partial charge in [0.25, 0.3) is 5.22 Å². The highest BCUT2D eigenvalue weighted by Crippen LogP contribution is 2.26. The number of carbonyl (C=O) groups excluding carboxylic acids is 1. The molecule has 1 amide bonds. The Balaban J connectivity index is 1.44. The summed E-state index contributed by atoms with van der Waals surface area (Å²) in [7, 11) is 0. The number of pyridine rings is 1. The Morgan fingerprint density at radius 3 is 2.64 bits per heavy atom. The molecule has 1 aliphatic heterocycles. The molecule has 3 aromatic rings. The minimum Gasteiger partial charge on any atom is -0.480 e. The Hall–Kier alpha value is -3.20. The Morgan fingerprint density at radius 1 is 1.14 bits per heavy atom. The Morgan fingerprint density at radius 2 is 1.89 bits per heavy atom. The number of amides is 1. The number of thioether (sulfide) groups is 1. The van der Waals surface area contributed by atoms with Crippen molar-refractivity contribution >= 4 is 23.6 Å². The average molecular weight is 396 g/mol. The molecule has 28 heavy (non-hydrogen) atoms. The second-order valence-electron chi connectivity index (χ2n) is 6.25. The van der Waals surface area contributed by atoms with Gasteiger partial charge < -0.3 is 14.4 Å². The van der Waals surface area contributed by atoms with Crippen LogP contribution >= 0.6 is 11.8 Å². The molecule has 1 atom stereocenters. The maximum absolute atomic E-state index is 12.7.